The van der Waals surface area contributed by atoms with Gasteiger partial charge in [0.25, 0.3) is 0 Å². The maximum Gasteiger partial charge on any atom is 0.407 e. The van der Waals surface area contributed by atoms with Crippen molar-refractivity contribution in [2.24, 2.45) is 5.73 Å². The highest BCUT2D eigenvalue weighted by molar-refractivity contribution is 5.86. The van der Waals surface area contributed by atoms with Crippen molar-refractivity contribution >= 4 is 18.0 Å². The molecule has 0 unspecified atom stereocenters. The lowest BCUT2D eigenvalue weighted by Gasteiger charge is -2.20. The minimum atomic E-state index is -1.13. The number of aromatic nitrogens is 2. The van der Waals surface area contributed by atoms with E-state index in [-0.39, 0.29) is 12.8 Å². The van der Waals surface area contributed by atoms with Crippen molar-refractivity contribution in [3.63, 3.8) is 0 Å². The van der Waals surface area contributed by atoms with Crippen LogP contribution in [0.25, 0.3) is 0 Å². The molecule has 0 saturated carbocycles. The van der Waals surface area contributed by atoms with E-state index in [0.717, 1.165) is 0 Å². The standard InChI is InChI=1S/C17H29N5O5/c1-17(2,3)27-16(26)20-7-5-4-6-13(15(24)25)22-14(23)12(18)8-11-9-19-10-21-11/h9-10,12-13H,4-8,18H2,1-3H3,(H,19,21)(H,20,26)(H,22,23)(H,24,25)/t12-,13-/m0/s1. The van der Waals surface area contributed by atoms with Gasteiger partial charge < -0.3 is 31.2 Å². The number of aromatic amines is 1. The van der Waals surface area contributed by atoms with Crippen LogP contribution in [0.2, 0.25) is 0 Å². The van der Waals surface area contributed by atoms with Gasteiger partial charge in [-0.05, 0) is 40.0 Å². The Labute approximate surface area is 158 Å². The van der Waals surface area contributed by atoms with E-state index in [9.17, 15) is 19.5 Å². The summed E-state index contributed by atoms with van der Waals surface area (Å²) in [6, 6.07) is -1.91. The fraction of sp³-hybridized carbons (Fsp3) is 0.647. The summed E-state index contributed by atoms with van der Waals surface area (Å²) in [7, 11) is 0. The number of carboxylic acid groups (broad SMARTS) is 1. The van der Waals surface area contributed by atoms with Crippen molar-refractivity contribution in [1.29, 1.82) is 0 Å². The zero-order valence-corrected chi connectivity index (χ0v) is 15.9. The number of hydrogen-bond acceptors (Lipinski definition) is 6. The number of unbranched alkanes of at least 4 members (excludes halogenated alkanes) is 1. The summed E-state index contributed by atoms with van der Waals surface area (Å²) in [5.74, 6) is -1.67. The Kier molecular flexibility index (Phi) is 8.73. The average molecular weight is 383 g/mol. The maximum atomic E-state index is 12.1. The van der Waals surface area contributed by atoms with Crippen LogP contribution >= 0.6 is 0 Å². The van der Waals surface area contributed by atoms with Crippen molar-refractivity contribution in [1.82, 2.24) is 20.6 Å². The van der Waals surface area contributed by atoms with Crippen molar-refractivity contribution in [2.75, 3.05) is 6.54 Å². The van der Waals surface area contributed by atoms with Gasteiger partial charge in [-0.3, -0.25) is 4.79 Å². The molecule has 0 saturated heterocycles. The first-order valence-electron chi connectivity index (χ1n) is 8.81. The molecule has 0 aliphatic carbocycles. The fourth-order valence-corrected chi connectivity index (χ4v) is 2.24. The van der Waals surface area contributed by atoms with Gasteiger partial charge in [-0.25, -0.2) is 14.6 Å². The molecule has 1 heterocycles. The van der Waals surface area contributed by atoms with Crippen molar-refractivity contribution in [3.05, 3.63) is 18.2 Å². The summed E-state index contributed by atoms with van der Waals surface area (Å²) >= 11 is 0. The minimum Gasteiger partial charge on any atom is -0.480 e. The Balaban J connectivity index is 2.32. The van der Waals surface area contributed by atoms with Gasteiger partial charge in [0, 0.05) is 24.9 Å². The second-order valence-electron chi connectivity index (χ2n) is 7.21. The molecule has 0 bridgehead atoms. The van der Waals surface area contributed by atoms with Crippen LogP contribution in [0.3, 0.4) is 0 Å². The minimum absolute atomic E-state index is 0.230. The Hall–Kier alpha value is -2.62. The van der Waals surface area contributed by atoms with Gasteiger partial charge >= 0.3 is 12.1 Å². The van der Waals surface area contributed by atoms with E-state index >= 15 is 0 Å². The Morgan fingerprint density at radius 1 is 1.33 bits per heavy atom. The second kappa shape index (κ2) is 10.5. The number of aliphatic carboxylic acids is 1. The van der Waals surface area contributed by atoms with E-state index in [1.54, 1.807) is 27.0 Å². The van der Waals surface area contributed by atoms with E-state index in [4.69, 9.17) is 10.5 Å². The largest absolute Gasteiger partial charge is 0.480 e. The van der Waals surface area contributed by atoms with Gasteiger partial charge in [0.15, 0.2) is 0 Å². The van der Waals surface area contributed by atoms with Gasteiger partial charge in [0.2, 0.25) is 5.91 Å². The monoisotopic (exact) mass is 383 g/mol. The van der Waals surface area contributed by atoms with Crippen molar-refractivity contribution in [2.45, 2.75) is 64.1 Å². The predicted molar refractivity (Wildman–Crippen MR) is 97.9 cm³/mol. The van der Waals surface area contributed by atoms with Gasteiger partial charge in [-0.2, -0.15) is 0 Å². The van der Waals surface area contributed by atoms with Crippen LogP contribution in [0.5, 0.6) is 0 Å². The fourth-order valence-electron chi connectivity index (χ4n) is 2.24. The normalized spacial score (nSPS) is 13.5. The molecule has 0 fully saturated rings. The zero-order valence-electron chi connectivity index (χ0n) is 15.9. The summed E-state index contributed by atoms with van der Waals surface area (Å²) in [5.41, 5.74) is 5.92. The molecule has 2 amide bonds. The molecule has 10 nitrogen and oxygen atoms in total. The number of rotatable bonds is 10. The molecule has 0 aliphatic rings. The van der Waals surface area contributed by atoms with E-state index in [1.807, 2.05) is 0 Å². The molecule has 1 aromatic heterocycles. The average Bonchev–Trinajstić information content (AvgIpc) is 3.04. The van der Waals surface area contributed by atoms with Gasteiger partial charge in [-0.1, -0.05) is 0 Å². The Morgan fingerprint density at radius 3 is 2.59 bits per heavy atom. The van der Waals surface area contributed by atoms with E-state index in [2.05, 4.69) is 20.6 Å². The molecule has 152 valence electrons. The summed E-state index contributed by atoms with van der Waals surface area (Å²) in [5, 5.41) is 14.3. The van der Waals surface area contributed by atoms with Crippen molar-refractivity contribution in [3.8, 4) is 0 Å². The molecule has 0 radical (unpaired) electrons. The number of H-pyrrole nitrogens is 1. The molecule has 2 atom stereocenters. The van der Waals surface area contributed by atoms with Crippen LogP contribution in [0, 0.1) is 0 Å². The molecule has 1 aromatic rings. The third-order valence-corrected chi connectivity index (χ3v) is 3.53. The molecule has 27 heavy (non-hydrogen) atoms. The highest BCUT2D eigenvalue weighted by Crippen LogP contribution is 2.07. The highest BCUT2D eigenvalue weighted by atomic mass is 16.6. The summed E-state index contributed by atoms with van der Waals surface area (Å²) < 4.78 is 5.10. The number of carbonyl (C=O) groups is 3. The van der Waals surface area contributed by atoms with Crippen LogP contribution in [0.4, 0.5) is 4.79 Å². The van der Waals surface area contributed by atoms with Gasteiger partial charge in [0.05, 0.1) is 12.4 Å². The molecular formula is C17H29N5O5. The number of nitrogens with two attached hydrogens (primary N) is 1. The number of ether oxygens (including phenoxy) is 1. The lowest BCUT2D eigenvalue weighted by atomic mass is 10.1. The zero-order chi connectivity index (χ0) is 20.4. The van der Waals surface area contributed by atoms with Gasteiger partial charge in [0.1, 0.15) is 11.6 Å². The molecule has 10 heteroatoms. The number of nitrogens with zero attached hydrogens (tertiary/aromatic N) is 1. The van der Waals surface area contributed by atoms with Gasteiger partial charge in [-0.15, -0.1) is 0 Å². The number of nitrogens with one attached hydrogen (secondary N) is 3. The highest BCUT2D eigenvalue weighted by Gasteiger charge is 2.23. The lowest BCUT2D eigenvalue weighted by molar-refractivity contribution is -0.142. The molecule has 1 rings (SSSR count). The number of amides is 2. The van der Waals surface area contributed by atoms with Crippen LogP contribution in [-0.2, 0) is 20.7 Å². The first-order valence-corrected chi connectivity index (χ1v) is 8.81. The summed E-state index contributed by atoms with van der Waals surface area (Å²) in [6.07, 6.45) is 4.04. The Morgan fingerprint density at radius 2 is 2.04 bits per heavy atom. The quantitative estimate of drug-likeness (QED) is 0.369. The molecule has 6 N–H and O–H groups in total. The van der Waals surface area contributed by atoms with Crippen LogP contribution in [-0.4, -0.2) is 57.3 Å². The third-order valence-electron chi connectivity index (χ3n) is 3.53. The number of imidazole rings is 1. The smallest absolute Gasteiger partial charge is 0.407 e. The number of alkyl carbamates (subject to hydrolysis) is 1. The number of carbonyl (C=O) groups excluding carboxylic acids is 2. The van der Waals surface area contributed by atoms with E-state index in [1.165, 1.54) is 6.33 Å². The van der Waals surface area contributed by atoms with E-state index in [0.29, 0.717) is 25.1 Å². The first kappa shape index (κ1) is 22.4. The molecule has 0 aliphatic heterocycles. The topological polar surface area (TPSA) is 159 Å². The van der Waals surface area contributed by atoms with Crippen LogP contribution in [0.1, 0.15) is 45.7 Å². The Bertz CT molecular complexity index is 612. The van der Waals surface area contributed by atoms with Crippen molar-refractivity contribution < 1.29 is 24.2 Å². The second-order valence-corrected chi connectivity index (χ2v) is 7.21. The SMILES string of the molecule is CC(C)(C)OC(=O)NCCCC[C@H](NC(=O)[C@@H](N)Cc1cnc[nH]1)C(=O)O. The third kappa shape index (κ3) is 9.59. The van der Waals surface area contributed by atoms with E-state index < -0.39 is 35.7 Å². The van der Waals surface area contributed by atoms with Crippen LogP contribution in [0.15, 0.2) is 12.5 Å². The predicted octanol–water partition coefficient (Wildman–Crippen LogP) is 0.544. The molecular weight excluding hydrogens is 354 g/mol. The number of hydrogen-bond donors (Lipinski definition) is 5. The maximum absolute atomic E-state index is 12.1. The first-order chi connectivity index (χ1) is 12.6. The van der Waals surface area contributed by atoms with Crippen LogP contribution < -0.4 is 16.4 Å². The lowest BCUT2D eigenvalue weighted by Crippen LogP contribution is -2.49. The summed E-state index contributed by atoms with van der Waals surface area (Å²) in [4.78, 5) is 41.6. The molecule has 0 aromatic carbocycles. The molecule has 0 spiro atoms. The number of carboxylic acids is 1. The summed E-state index contributed by atoms with van der Waals surface area (Å²) in [6.45, 7) is 5.66.